The molecule has 13 heavy (non-hydrogen) atoms. The van der Waals surface area contributed by atoms with Crippen molar-refractivity contribution in [1.82, 2.24) is 4.90 Å². The van der Waals surface area contributed by atoms with Crippen LogP contribution in [0.15, 0.2) is 0 Å². The monoisotopic (exact) mass is 187 g/mol. The zero-order valence-electron chi connectivity index (χ0n) is 8.54. The van der Waals surface area contributed by atoms with Gasteiger partial charge in [-0.05, 0) is 32.7 Å². The van der Waals surface area contributed by atoms with E-state index in [1.54, 1.807) is 0 Å². The van der Waals surface area contributed by atoms with Crippen LogP contribution < -0.4 is 0 Å². The molecule has 1 rings (SSSR count). The quantitative estimate of drug-likeness (QED) is 0.693. The van der Waals surface area contributed by atoms with E-state index >= 15 is 0 Å². The normalized spacial score (nSPS) is 24.9. The lowest BCUT2D eigenvalue weighted by Gasteiger charge is -2.32. The van der Waals surface area contributed by atoms with Gasteiger partial charge in [-0.15, -0.1) is 0 Å². The van der Waals surface area contributed by atoms with Crippen molar-refractivity contribution in [2.75, 3.05) is 32.8 Å². The van der Waals surface area contributed by atoms with E-state index in [2.05, 4.69) is 4.90 Å². The third kappa shape index (κ3) is 4.07. The van der Waals surface area contributed by atoms with E-state index in [0.717, 1.165) is 26.1 Å². The third-order valence-corrected chi connectivity index (χ3v) is 2.50. The number of hydrogen-bond acceptors (Lipinski definition) is 3. The fourth-order valence-electron chi connectivity index (χ4n) is 1.88. The van der Waals surface area contributed by atoms with Crippen LogP contribution in [-0.4, -0.2) is 49.0 Å². The molecule has 3 nitrogen and oxygen atoms in total. The first kappa shape index (κ1) is 11.0. The van der Waals surface area contributed by atoms with E-state index in [4.69, 9.17) is 9.84 Å². The van der Waals surface area contributed by atoms with Gasteiger partial charge in [0.1, 0.15) is 0 Å². The van der Waals surface area contributed by atoms with Gasteiger partial charge < -0.3 is 14.7 Å². The topological polar surface area (TPSA) is 32.7 Å². The van der Waals surface area contributed by atoms with Gasteiger partial charge in [-0.3, -0.25) is 0 Å². The van der Waals surface area contributed by atoms with Crippen molar-refractivity contribution in [1.29, 1.82) is 0 Å². The number of rotatable bonds is 5. The molecule has 78 valence electrons. The van der Waals surface area contributed by atoms with Gasteiger partial charge >= 0.3 is 0 Å². The molecule has 0 aromatic carbocycles. The Balaban J connectivity index is 2.16. The number of ether oxygens (including phenoxy) is 1. The Morgan fingerprint density at radius 2 is 2.38 bits per heavy atom. The predicted molar refractivity (Wildman–Crippen MR) is 52.8 cm³/mol. The number of likely N-dealkylation sites (tertiary alicyclic amines) is 1. The lowest BCUT2D eigenvalue weighted by Crippen LogP contribution is -2.40. The number of aliphatic hydroxyl groups excluding tert-OH is 1. The standard InChI is InChI=1S/C10H21NO2/c1-2-13-10-5-3-6-11(9-10)7-4-8-12/h10,12H,2-9H2,1H3. The summed E-state index contributed by atoms with van der Waals surface area (Å²) in [5.41, 5.74) is 0. The second-order valence-electron chi connectivity index (χ2n) is 3.60. The third-order valence-electron chi connectivity index (χ3n) is 2.50. The molecule has 0 aromatic heterocycles. The lowest BCUT2D eigenvalue weighted by molar-refractivity contribution is 0.00467. The minimum absolute atomic E-state index is 0.301. The molecule has 1 saturated heterocycles. The van der Waals surface area contributed by atoms with Crippen molar-refractivity contribution in [2.24, 2.45) is 0 Å². The first-order chi connectivity index (χ1) is 6.36. The largest absolute Gasteiger partial charge is 0.396 e. The van der Waals surface area contributed by atoms with Crippen LogP contribution >= 0.6 is 0 Å². The van der Waals surface area contributed by atoms with E-state index in [1.807, 2.05) is 6.92 Å². The molecule has 0 spiro atoms. The highest BCUT2D eigenvalue weighted by molar-refractivity contribution is 4.72. The molecule has 0 radical (unpaired) electrons. The zero-order chi connectivity index (χ0) is 9.52. The molecule has 0 amide bonds. The van der Waals surface area contributed by atoms with Crippen LogP contribution in [0.1, 0.15) is 26.2 Å². The number of piperidine rings is 1. The van der Waals surface area contributed by atoms with Crippen LogP contribution in [0.4, 0.5) is 0 Å². The maximum absolute atomic E-state index is 8.71. The van der Waals surface area contributed by atoms with Crippen molar-refractivity contribution in [3.63, 3.8) is 0 Å². The summed E-state index contributed by atoms with van der Waals surface area (Å²) in [5.74, 6) is 0. The average Bonchev–Trinajstić information content (AvgIpc) is 2.16. The molecule has 1 atom stereocenters. The van der Waals surface area contributed by atoms with Gasteiger partial charge in [0.05, 0.1) is 6.10 Å². The van der Waals surface area contributed by atoms with Crippen molar-refractivity contribution in [3.05, 3.63) is 0 Å². The Morgan fingerprint density at radius 3 is 3.08 bits per heavy atom. The molecule has 3 heteroatoms. The van der Waals surface area contributed by atoms with Gasteiger partial charge in [-0.25, -0.2) is 0 Å². The lowest BCUT2D eigenvalue weighted by atomic mass is 10.1. The molecule has 1 heterocycles. The Kier molecular flexibility index (Phi) is 5.35. The van der Waals surface area contributed by atoms with Crippen LogP contribution in [0, 0.1) is 0 Å². The van der Waals surface area contributed by atoms with Crippen molar-refractivity contribution >= 4 is 0 Å². The summed E-state index contributed by atoms with van der Waals surface area (Å²) in [7, 11) is 0. The van der Waals surface area contributed by atoms with Crippen molar-refractivity contribution in [3.8, 4) is 0 Å². The van der Waals surface area contributed by atoms with Crippen LogP contribution in [0.2, 0.25) is 0 Å². The van der Waals surface area contributed by atoms with Crippen LogP contribution in [0.5, 0.6) is 0 Å². The Labute approximate surface area is 80.7 Å². The minimum Gasteiger partial charge on any atom is -0.396 e. The molecular formula is C10H21NO2. The van der Waals surface area contributed by atoms with Gasteiger partial charge in [-0.2, -0.15) is 0 Å². The second-order valence-corrected chi connectivity index (χ2v) is 3.60. The van der Waals surface area contributed by atoms with Gasteiger partial charge in [-0.1, -0.05) is 0 Å². The fraction of sp³-hybridized carbons (Fsp3) is 1.00. The van der Waals surface area contributed by atoms with Crippen LogP contribution in [-0.2, 0) is 4.74 Å². The molecule has 1 fully saturated rings. The second kappa shape index (κ2) is 6.35. The van der Waals surface area contributed by atoms with Gasteiger partial charge in [0.25, 0.3) is 0 Å². The molecule has 1 N–H and O–H groups in total. The first-order valence-electron chi connectivity index (χ1n) is 5.31. The minimum atomic E-state index is 0.301. The molecule has 1 aliphatic heterocycles. The van der Waals surface area contributed by atoms with Crippen LogP contribution in [0.25, 0.3) is 0 Å². The average molecular weight is 187 g/mol. The van der Waals surface area contributed by atoms with Crippen LogP contribution in [0.3, 0.4) is 0 Å². The highest BCUT2D eigenvalue weighted by atomic mass is 16.5. The maximum Gasteiger partial charge on any atom is 0.0702 e. The van der Waals surface area contributed by atoms with Gasteiger partial charge in [0, 0.05) is 26.3 Å². The summed E-state index contributed by atoms with van der Waals surface area (Å²) in [4.78, 5) is 2.39. The van der Waals surface area contributed by atoms with Crippen molar-refractivity contribution < 1.29 is 9.84 Å². The predicted octanol–water partition coefficient (Wildman–Crippen LogP) is 0.870. The van der Waals surface area contributed by atoms with Gasteiger partial charge in [0.2, 0.25) is 0 Å². The summed E-state index contributed by atoms with van der Waals surface area (Å²) in [6, 6.07) is 0. The summed E-state index contributed by atoms with van der Waals surface area (Å²) in [6.45, 7) is 6.40. The zero-order valence-corrected chi connectivity index (χ0v) is 8.54. The van der Waals surface area contributed by atoms with Gasteiger partial charge in [0.15, 0.2) is 0 Å². The Hall–Kier alpha value is -0.120. The molecule has 1 aliphatic rings. The summed E-state index contributed by atoms with van der Waals surface area (Å²) >= 11 is 0. The Bertz CT molecular complexity index is 128. The van der Waals surface area contributed by atoms with Crippen molar-refractivity contribution in [2.45, 2.75) is 32.3 Å². The molecular weight excluding hydrogens is 166 g/mol. The summed E-state index contributed by atoms with van der Waals surface area (Å²) in [5, 5.41) is 8.71. The number of aliphatic hydroxyl groups is 1. The molecule has 0 aliphatic carbocycles. The molecule has 1 unspecified atom stereocenters. The summed E-state index contributed by atoms with van der Waals surface area (Å²) in [6.07, 6.45) is 3.75. The fourth-order valence-corrected chi connectivity index (χ4v) is 1.88. The number of nitrogens with zero attached hydrogens (tertiary/aromatic N) is 1. The Morgan fingerprint density at radius 1 is 1.54 bits per heavy atom. The molecule has 0 aromatic rings. The van der Waals surface area contributed by atoms with E-state index < -0.39 is 0 Å². The summed E-state index contributed by atoms with van der Waals surface area (Å²) < 4.78 is 5.59. The number of hydrogen-bond donors (Lipinski definition) is 1. The van der Waals surface area contributed by atoms with E-state index in [0.29, 0.717) is 12.7 Å². The van der Waals surface area contributed by atoms with E-state index in [-0.39, 0.29) is 0 Å². The molecule has 0 saturated carbocycles. The smallest absolute Gasteiger partial charge is 0.0702 e. The highest BCUT2D eigenvalue weighted by Gasteiger charge is 2.18. The van der Waals surface area contributed by atoms with E-state index in [9.17, 15) is 0 Å². The maximum atomic E-state index is 8.71. The van der Waals surface area contributed by atoms with E-state index in [1.165, 1.54) is 19.4 Å². The highest BCUT2D eigenvalue weighted by Crippen LogP contribution is 2.12. The first-order valence-corrected chi connectivity index (χ1v) is 5.31. The molecule has 0 bridgehead atoms. The SMILES string of the molecule is CCOC1CCCN(CCCO)C1.